The quantitative estimate of drug-likeness (QED) is 0.892. The summed E-state index contributed by atoms with van der Waals surface area (Å²) in [7, 11) is 0. The van der Waals surface area contributed by atoms with E-state index in [1.165, 1.54) is 6.07 Å². The van der Waals surface area contributed by atoms with Gasteiger partial charge in [-0.05, 0) is 44.6 Å². The zero-order valence-corrected chi connectivity index (χ0v) is 13.8. The van der Waals surface area contributed by atoms with E-state index >= 15 is 0 Å². The van der Waals surface area contributed by atoms with Crippen molar-refractivity contribution in [3.8, 4) is 5.75 Å². The highest BCUT2D eigenvalue weighted by Crippen LogP contribution is 2.34. The molecule has 1 aromatic rings. The predicted octanol–water partition coefficient (Wildman–Crippen LogP) is 2.99. The van der Waals surface area contributed by atoms with Crippen molar-refractivity contribution >= 4 is 6.03 Å². The number of urea groups is 1. The lowest BCUT2D eigenvalue weighted by atomic mass is 9.99. The van der Waals surface area contributed by atoms with Crippen LogP contribution >= 0.6 is 0 Å². The van der Waals surface area contributed by atoms with Crippen molar-refractivity contribution < 1.29 is 19.0 Å². The number of nitrogens with one attached hydrogen (secondary N) is 1. The van der Waals surface area contributed by atoms with E-state index in [9.17, 15) is 14.3 Å². The maximum Gasteiger partial charge on any atom is 0.318 e. The van der Waals surface area contributed by atoms with Crippen LogP contribution < -0.4 is 10.1 Å². The first-order chi connectivity index (χ1) is 11.7. The van der Waals surface area contributed by atoms with Crippen molar-refractivity contribution in [2.45, 2.75) is 50.6 Å². The molecule has 5 nitrogen and oxygen atoms in total. The number of amides is 2. The van der Waals surface area contributed by atoms with Crippen molar-refractivity contribution in [2.24, 2.45) is 0 Å². The van der Waals surface area contributed by atoms with Gasteiger partial charge in [0, 0.05) is 24.8 Å². The number of fused-ring (bicyclic) bond motifs is 1. The number of rotatable bonds is 3. The van der Waals surface area contributed by atoms with Crippen molar-refractivity contribution in [2.75, 3.05) is 19.8 Å². The topological polar surface area (TPSA) is 61.8 Å². The zero-order valence-electron chi connectivity index (χ0n) is 13.8. The lowest BCUT2D eigenvalue weighted by molar-refractivity contribution is 0.129. The van der Waals surface area contributed by atoms with Gasteiger partial charge in [-0.15, -0.1) is 0 Å². The van der Waals surface area contributed by atoms with Crippen LogP contribution in [0, 0.1) is 5.82 Å². The molecule has 6 heteroatoms. The highest BCUT2D eigenvalue weighted by atomic mass is 19.1. The third-order valence-electron chi connectivity index (χ3n) is 4.90. The maximum absolute atomic E-state index is 14.0. The molecule has 1 fully saturated rings. The average molecular weight is 336 g/mol. The number of aliphatic hydroxyl groups excluding tert-OH is 1. The lowest BCUT2D eigenvalue weighted by Gasteiger charge is -2.36. The third kappa shape index (κ3) is 3.64. The second kappa shape index (κ2) is 7.83. The molecule has 1 aromatic carbocycles. The van der Waals surface area contributed by atoms with E-state index < -0.39 is 0 Å². The van der Waals surface area contributed by atoms with Crippen molar-refractivity contribution in [3.63, 3.8) is 0 Å². The molecule has 2 atom stereocenters. The van der Waals surface area contributed by atoms with Gasteiger partial charge in [-0.3, -0.25) is 0 Å². The molecular formula is C18H25FN2O3. The number of piperidine rings is 1. The van der Waals surface area contributed by atoms with Gasteiger partial charge in [0.25, 0.3) is 0 Å². The molecule has 2 heterocycles. The fraction of sp³-hybridized carbons (Fsp3) is 0.611. The number of likely N-dealkylation sites (tertiary alicyclic amines) is 1. The minimum atomic E-state index is -0.384. The molecule has 3 rings (SSSR count). The Kier molecular flexibility index (Phi) is 5.56. The average Bonchev–Trinajstić information content (AvgIpc) is 2.79. The highest BCUT2D eigenvalue weighted by Gasteiger charge is 2.30. The molecule has 0 saturated carbocycles. The first-order valence-corrected chi connectivity index (χ1v) is 8.80. The monoisotopic (exact) mass is 336 g/mol. The Morgan fingerprint density at radius 3 is 3.04 bits per heavy atom. The highest BCUT2D eigenvalue weighted by molar-refractivity contribution is 5.75. The Bertz CT molecular complexity index is 579. The molecule has 132 valence electrons. The Morgan fingerprint density at radius 2 is 2.21 bits per heavy atom. The van der Waals surface area contributed by atoms with E-state index in [-0.39, 0.29) is 36.3 Å². The fourth-order valence-electron chi connectivity index (χ4n) is 3.67. The summed E-state index contributed by atoms with van der Waals surface area (Å²) in [5.74, 6) is -0.129. The number of carbonyl (C=O) groups excluding carboxylic acids is 1. The standard InChI is InChI=1S/C18H25FN2O3/c19-15-7-3-6-14-16(8-4-12-24-17(14)15)20-18(23)21-10-2-1-5-13(21)9-11-22/h3,6-7,13,16,22H,1-2,4-5,8-12H2,(H,20,23). The van der Waals surface area contributed by atoms with E-state index in [1.54, 1.807) is 6.07 Å². The van der Waals surface area contributed by atoms with E-state index in [0.717, 1.165) is 32.1 Å². The number of hydrogen-bond donors (Lipinski definition) is 2. The molecule has 0 spiro atoms. The summed E-state index contributed by atoms with van der Waals surface area (Å²) in [6, 6.07) is 4.55. The molecule has 0 aliphatic carbocycles. The fourth-order valence-corrected chi connectivity index (χ4v) is 3.67. The Hall–Kier alpha value is -1.82. The van der Waals surface area contributed by atoms with Crippen LogP contribution in [0.2, 0.25) is 0 Å². The summed E-state index contributed by atoms with van der Waals surface area (Å²) in [6.07, 6.45) is 5.08. The SMILES string of the molecule is O=C(NC1CCCOc2c(F)cccc21)N1CCCCC1CCO. The maximum atomic E-state index is 14.0. The summed E-state index contributed by atoms with van der Waals surface area (Å²) in [4.78, 5) is 14.6. The van der Waals surface area contributed by atoms with Crippen molar-refractivity contribution in [1.82, 2.24) is 10.2 Å². The summed E-state index contributed by atoms with van der Waals surface area (Å²) in [6.45, 7) is 1.24. The van der Waals surface area contributed by atoms with Gasteiger partial charge in [0.15, 0.2) is 11.6 Å². The molecule has 0 bridgehead atoms. The van der Waals surface area contributed by atoms with Crippen LogP contribution in [0.1, 0.15) is 50.1 Å². The van der Waals surface area contributed by atoms with Gasteiger partial charge < -0.3 is 20.1 Å². The van der Waals surface area contributed by atoms with E-state index in [0.29, 0.717) is 25.1 Å². The van der Waals surface area contributed by atoms with Gasteiger partial charge in [-0.1, -0.05) is 12.1 Å². The first-order valence-electron chi connectivity index (χ1n) is 8.80. The summed E-state index contributed by atoms with van der Waals surface area (Å²) < 4.78 is 19.5. The third-order valence-corrected chi connectivity index (χ3v) is 4.90. The normalized spacial score (nSPS) is 23.8. The van der Waals surface area contributed by atoms with Gasteiger partial charge in [0.2, 0.25) is 0 Å². The number of benzene rings is 1. The Labute approximate surface area is 141 Å². The van der Waals surface area contributed by atoms with Gasteiger partial charge >= 0.3 is 6.03 Å². The Balaban J connectivity index is 1.75. The number of hydrogen-bond acceptors (Lipinski definition) is 3. The minimum Gasteiger partial charge on any atom is -0.490 e. The largest absolute Gasteiger partial charge is 0.490 e. The van der Waals surface area contributed by atoms with Gasteiger partial charge in [0.05, 0.1) is 12.6 Å². The molecule has 2 unspecified atom stereocenters. The Morgan fingerprint density at radius 1 is 1.33 bits per heavy atom. The molecular weight excluding hydrogens is 311 g/mol. The molecule has 1 saturated heterocycles. The van der Waals surface area contributed by atoms with E-state index in [4.69, 9.17) is 4.74 Å². The number of para-hydroxylation sites is 1. The van der Waals surface area contributed by atoms with Gasteiger partial charge in [0.1, 0.15) is 0 Å². The van der Waals surface area contributed by atoms with Crippen LogP contribution in [-0.2, 0) is 0 Å². The van der Waals surface area contributed by atoms with Crippen LogP contribution in [0.5, 0.6) is 5.75 Å². The number of halogens is 1. The van der Waals surface area contributed by atoms with E-state index in [2.05, 4.69) is 5.32 Å². The number of nitrogens with zero attached hydrogens (tertiary/aromatic N) is 1. The van der Waals surface area contributed by atoms with Gasteiger partial charge in [-0.2, -0.15) is 0 Å². The van der Waals surface area contributed by atoms with Crippen LogP contribution in [0.3, 0.4) is 0 Å². The zero-order chi connectivity index (χ0) is 16.9. The van der Waals surface area contributed by atoms with Crippen LogP contribution in [-0.4, -0.2) is 41.8 Å². The second-order valence-electron chi connectivity index (χ2n) is 6.51. The predicted molar refractivity (Wildman–Crippen MR) is 88.4 cm³/mol. The minimum absolute atomic E-state index is 0.0813. The van der Waals surface area contributed by atoms with Gasteiger partial charge in [-0.25, -0.2) is 9.18 Å². The first kappa shape index (κ1) is 17.0. The number of aliphatic hydroxyl groups is 1. The van der Waals surface area contributed by atoms with Crippen LogP contribution in [0.4, 0.5) is 9.18 Å². The molecule has 2 N–H and O–H groups in total. The van der Waals surface area contributed by atoms with Crippen LogP contribution in [0.25, 0.3) is 0 Å². The second-order valence-corrected chi connectivity index (χ2v) is 6.51. The lowest BCUT2D eigenvalue weighted by Crippen LogP contribution is -2.49. The number of carbonyl (C=O) groups is 1. The number of ether oxygens (including phenoxy) is 1. The molecule has 0 aromatic heterocycles. The van der Waals surface area contributed by atoms with Crippen molar-refractivity contribution in [3.05, 3.63) is 29.6 Å². The smallest absolute Gasteiger partial charge is 0.318 e. The van der Waals surface area contributed by atoms with E-state index in [1.807, 2.05) is 11.0 Å². The molecule has 0 radical (unpaired) electrons. The molecule has 2 amide bonds. The molecule has 2 aliphatic rings. The molecule has 24 heavy (non-hydrogen) atoms. The van der Waals surface area contributed by atoms with Crippen molar-refractivity contribution in [1.29, 1.82) is 0 Å². The summed E-state index contributed by atoms with van der Waals surface area (Å²) in [5.41, 5.74) is 0.705. The molecule has 2 aliphatic heterocycles. The summed E-state index contributed by atoms with van der Waals surface area (Å²) >= 11 is 0. The summed E-state index contributed by atoms with van der Waals surface area (Å²) in [5, 5.41) is 12.3. The van der Waals surface area contributed by atoms with Crippen LogP contribution in [0.15, 0.2) is 18.2 Å².